The van der Waals surface area contributed by atoms with Gasteiger partial charge in [-0.25, -0.2) is 0 Å². The molecule has 0 spiro atoms. The van der Waals surface area contributed by atoms with Crippen molar-refractivity contribution in [1.29, 1.82) is 0 Å². The summed E-state index contributed by atoms with van der Waals surface area (Å²) in [5.41, 5.74) is 8.53. The first-order chi connectivity index (χ1) is 8.68. The van der Waals surface area contributed by atoms with E-state index in [1.165, 1.54) is 10.9 Å². The SMILES string of the molecule is CC(C)CSCC(N)c1cccc2ncccc12. The van der Waals surface area contributed by atoms with E-state index in [0.717, 1.165) is 22.9 Å². The Bertz CT molecular complexity index is 505. The van der Waals surface area contributed by atoms with E-state index >= 15 is 0 Å². The van der Waals surface area contributed by atoms with E-state index in [1.54, 1.807) is 0 Å². The van der Waals surface area contributed by atoms with Crippen LogP contribution in [0, 0.1) is 5.92 Å². The monoisotopic (exact) mass is 260 g/mol. The van der Waals surface area contributed by atoms with Crippen LogP contribution in [-0.2, 0) is 0 Å². The lowest BCUT2D eigenvalue weighted by atomic mass is 10.0. The normalized spacial score (nSPS) is 13.1. The van der Waals surface area contributed by atoms with Gasteiger partial charge in [0.1, 0.15) is 0 Å². The third-order valence-corrected chi connectivity index (χ3v) is 4.32. The molecule has 1 aromatic heterocycles. The molecule has 3 heteroatoms. The van der Waals surface area contributed by atoms with Crippen LogP contribution < -0.4 is 5.73 Å². The van der Waals surface area contributed by atoms with E-state index in [2.05, 4.69) is 31.0 Å². The maximum atomic E-state index is 6.30. The summed E-state index contributed by atoms with van der Waals surface area (Å²) in [6, 6.07) is 10.3. The minimum absolute atomic E-state index is 0.0849. The highest BCUT2D eigenvalue weighted by molar-refractivity contribution is 7.99. The largest absolute Gasteiger partial charge is 0.323 e. The molecule has 0 saturated carbocycles. The van der Waals surface area contributed by atoms with E-state index in [1.807, 2.05) is 36.2 Å². The molecule has 2 nitrogen and oxygen atoms in total. The number of thioether (sulfide) groups is 1. The van der Waals surface area contributed by atoms with Gasteiger partial charge >= 0.3 is 0 Å². The lowest BCUT2D eigenvalue weighted by Crippen LogP contribution is -2.14. The molecule has 0 radical (unpaired) electrons. The zero-order chi connectivity index (χ0) is 13.0. The number of benzene rings is 1. The molecule has 0 saturated heterocycles. The molecule has 0 aliphatic rings. The van der Waals surface area contributed by atoms with Gasteiger partial charge in [0.25, 0.3) is 0 Å². The van der Waals surface area contributed by atoms with E-state index in [9.17, 15) is 0 Å². The van der Waals surface area contributed by atoms with Crippen LogP contribution in [0.25, 0.3) is 10.9 Å². The number of nitrogens with zero attached hydrogens (tertiary/aromatic N) is 1. The number of hydrogen-bond donors (Lipinski definition) is 1. The number of pyridine rings is 1. The molecule has 96 valence electrons. The molecule has 0 amide bonds. The van der Waals surface area contributed by atoms with Gasteiger partial charge in [-0.15, -0.1) is 0 Å². The number of nitrogens with two attached hydrogens (primary N) is 1. The number of fused-ring (bicyclic) bond motifs is 1. The lowest BCUT2D eigenvalue weighted by Gasteiger charge is -2.14. The summed E-state index contributed by atoms with van der Waals surface area (Å²) in [6.07, 6.45) is 1.82. The highest BCUT2D eigenvalue weighted by atomic mass is 32.2. The Kier molecular flexibility index (Phi) is 4.61. The van der Waals surface area contributed by atoms with Crippen molar-refractivity contribution < 1.29 is 0 Å². The molecule has 2 N–H and O–H groups in total. The maximum absolute atomic E-state index is 6.30. The van der Waals surface area contributed by atoms with E-state index in [-0.39, 0.29) is 6.04 Å². The molecule has 1 unspecified atom stereocenters. The Hall–Kier alpha value is -1.06. The highest BCUT2D eigenvalue weighted by Crippen LogP contribution is 2.24. The molecule has 1 atom stereocenters. The second-order valence-electron chi connectivity index (χ2n) is 4.96. The first-order valence-corrected chi connectivity index (χ1v) is 7.51. The average Bonchev–Trinajstić information content (AvgIpc) is 2.37. The van der Waals surface area contributed by atoms with Gasteiger partial charge in [0, 0.05) is 23.4 Å². The van der Waals surface area contributed by atoms with Gasteiger partial charge in [-0.05, 0) is 29.4 Å². The van der Waals surface area contributed by atoms with Crippen molar-refractivity contribution >= 4 is 22.7 Å². The fraction of sp³-hybridized carbons (Fsp3) is 0.400. The van der Waals surface area contributed by atoms with Crippen molar-refractivity contribution in [2.24, 2.45) is 11.7 Å². The summed E-state index contributed by atoms with van der Waals surface area (Å²) in [5.74, 6) is 2.85. The molecule has 0 aliphatic heterocycles. The third kappa shape index (κ3) is 3.24. The van der Waals surface area contributed by atoms with Gasteiger partial charge in [0.15, 0.2) is 0 Å². The summed E-state index contributed by atoms with van der Waals surface area (Å²) < 4.78 is 0. The van der Waals surface area contributed by atoms with E-state index in [4.69, 9.17) is 5.73 Å². The van der Waals surface area contributed by atoms with Crippen LogP contribution in [-0.4, -0.2) is 16.5 Å². The fourth-order valence-electron chi connectivity index (χ4n) is 1.97. The van der Waals surface area contributed by atoms with E-state index in [0.29, 0.717) is 0 Å². The Balaban J connectivity index is 2.15. The fourth-order valence-corrected chi connectivity index (χ4v) is 3.01. The maximum Gasteiger partial charge on any atom is 0.0705 e. The second-order valence-corrected chi connectivity index (χ2v) is 6.03. The molecule has 0 fully saturated rings. The Labute approximate surface area is 113 Å². The minimum Gasteiger partial charge on any atom is -0.323 e. The van der Waals surface area contributed by atoms with Gasteiger partial charge in [0.05, 0.1) is 5.52 Å². The first kappa shape index (κ1) is 13.4. The predicted octanol–water partition coefficient (Wildman–Crippen LogP) is 3.62. The minimum atomic E-state index is 0.0849. The molecule has 0 aliphatic carbocycles. The van der Waals surface area contributed by atoms with Crippen molar-refractivity contribution in [3.63, 3.8) is 0 Å². The summed E-state index contributed by atoms with van der Waals surface area (Å²) in [7, 11) is 0. The second kappa shape index (κ2) is 6.21. The molecular formula is C15H20N2S. The molecule has 2 aromatic rings. The van der Waals surface area contributed by atoms with Crippen LogP contribution >= 0.6 is 11.8 Å². The van der Waals surface area contributed by atoms with Crippen LogP contribution in [0.4, 0.5) is 0 Å². The first-order valence-electron chi connectivity index (χ1n) is 6.35. The van der Waals surface area contributed by atoms with Crippen LogP contribution in [0.2, 0.25) is 0 Å². The Morgan fingerprint density at radius 2 is 2.00 bits per heavy atom. The molecule has 18 heavy (non-hydrogen) atoms. The van der Waals surface area contributed by atoms with Crippen molar-refractivity contribution in [3.8, 4) is 0 Å². The predicted molar refractivity (Wildman–Crippen MR) is 80.8 cm³/mol. The van der Waals surface area contributed by atoms with Gasteiger partial charge in [-0.3, -0.25) is 4.98 Å². The van der Waals surface area contributed by atoms with Crippen LogP contribution in [0.5, 0.6) is 0 Å². The Morgan fingerprint density at radius 3 is 2.78 bits per heavy atom. The molecule has 0 bridgehead atoms. The van der Waals surface area contributed by atoms with Crippen molar-refractivity contribution in [2.75, 3.05) is 11.5 Å². The lowest BCUT2D eigenvalue weighted by molar-refractivity contribution is 0.746. The summed E-state index contributed by atoms with van der Waals surface area (Å²) in [5, 5.41) is 1.18. The van der Waals surface area contributed by atoms with Gasteiger partial charge in [0.2, 0.25) is 0 Å². The standard InChI is InChI=1S/C15H20N2S/c1-11(2)9-18-10-14(16)12-5-3-7-15-13(12)6-4-8-17-15/h3-8,11,14H,9-10,16H2,1-2H3. The molecule has 1 heterocycles. The van der Waals surface area contributed by atoms with Gasteiger partial charge in [-0.1, -0.05) is 32.0 Å². The zero-order valence-corrected chi connectivity index (χ0v) is 11.8. The van der Waals surface area contributed by atoms with Gasteiger partial charge < -0.3 is 5.73 Å². The highest BCUT2D eigenvalue weighted by Gasteiger charge is 2.10. The summed E-state index contributed by atoms with van der Waals surface area (Å²) >= 11 is 1.93. The smallest absolute Gasteiger partial charge is 0.0705 e. The third-order valence-electron chi connectivity index (χ3n) is 2.83. The summed E-state index contributed by atoms with van der Waals surface area (Å²) in [6.45, 7) is 4.47. The zero-order valence-electron chi connectivity index (χ0n) is 11.0. The molecule has 1 aromatic carbocycles. The summed E-state index contributed by atoms with van der Waals surface area (Å²) in [4.78, 5) is 4.37. The number of hydrogen-bond acceptors (Lipinski definition) is 3. The number of aromatic nitrogens is 1. The van der Waals surface area contributed by atoms with Crippen molar-refractivity contribution in [2.45, 2.75) is 19.9 Å². The molecular weight excluding hydrogens is 240 g/mol. The quantitative estimate of drug-likeness (QED) is 0.892. The topological polar surface area (TPSA) is 38.9 Å². The van der Waals surface area contributed by atoms with Crippen LogP contribution in [0.1, 0.15) is 25.5 Å². The van der Waals surface area contributed by atoms with Crippen LogP contribution in [0.3, 0.4) is 0 Å². The van der Waals surface area contributed by atoms with Gasteiger partial charge in [-0.2, -0.15) is 11.8 Å². The molecule has 2 rings (SSSR count). The van der Waals surface area contributed by atoms with Crippen molar-refractivity contribution in [1.82, 2.24) is 4.98 Å². The number of rotatable bonds is 5. The van der Waals surface area contributed by atoms with E-state index < -0.39 is 0 Å². The van der Waals surface area contributed by atoms with Crippen molar-refractivity contribution in [3.05, 3.63) is 42.1 Å². The Morgan fingerprint density at radius 1 is 1.17 bits per heavy atom. The van der Waals surface area contributed by atoms with Crippen LogP contribution in [0.15, 0.2) is 36.5 Å². The average molecular weight is 260 g/mol.